The zero-order chi connectivity index (χ0) is 14.7. The number of aliphatic hydroxyl groups excluding tert-OH is 1. The number of hydrogen-bond donors (Lipinski definition) is 3. The van der Waals surface area contributed by atoms with E-state index in [4.69, 9.17) is 4.74 Å². The van der Waals surface area contributed by atoms with Gasteiger partial charge in [-0.3, -0.25) is 0 Å². The highest BCUT2D eigenvalue weighted by atomic mass is 16.6. The molecule has 0 aliphatic carbocycles. The third-order valence-corrected chi connectivity index (χ3v) is 2.02. The molecule has 108 valence electrons. The summed E-state index contributed by atoms with van der Waals surface area (Å²) in [6, 6.07) is -0.686. The van der Waals surface area contributed by atoms with Crippen molar-refractivity contribution in [1.82, 2.24) is 10.6 Å². The predicted molar refractivity (Wildman–Crippen MR) is 69.7 cm³/mol. The van der Waals surface area contributed by atoms with Crippen molar-refractivity contribution in [2.24, 2.45) is 0 Å². The van der Waals surface area contributed by atoms with Gasteiger partial charge in [-0.25, -0.2) is 9.59 Å². The Kier molecular flexibility index (Phi) is 8.90. The molecule has 0 bridgehead atoms. The van der Waals surface area contributed by atoms with Gasteiger partial charge in [0.2, 0.25) is 0 Å². The van der Waals surface area contributed by atoms with Gasteiger partial charge >= 0.3 is 12.2 Å². The summed E-state index contributed by atoms with van der Waals surface area (Å²) in [5.41, 5.74) is 0. The number of carbonyl (C=O) groups excluding carboxylic acids is 2. The van der Waals surface area contributed by atoms with Crippen LogP contribution in [0.1, 0.15) is 6.92 Å². The molecule has 0 aliphatic heterocycles. The maximum atomic E-state index is 11.3. The Morgan fingerprint density at radius 2 is 1.74 bits per heavy atom. The molecule has 0 aromatic heterocycles. The molecule has 0 aromatic rings. The number of amides is 2. The molecule has 0 radical (unpaired) electrons. The summed E-state index contributed by atoms with van der Waals surface area (Å²) in [7, 11) is 0. The summed E-state index contributed by atoms with van der Waals surface area (Å²) in [5.74, 6) is 0. The van der Waals surface area contributed by atoms with Gasteiger partial charge in [0.25, 0.3) is 0 Å². The van der Waals surface area contributed by atoms with Crippen LogP contribution in [-0.2, 0) is 9.47 Å². The molecule has 0 aromatic carbocycles. The second-order valence-electron chi connectivity index (χ2n) is 3.65. The second-order valence-corrected chi connectivity index (χ2v) is 3.65. The summed E-state index contributed by atoms with van der Waals surface area (Å²) in [6.07, 6.45) is 0.619. The van der Waals surface area contributed by atoms with Crippen molar-refractivity contribution < 1.29 is 24.2 Å². The van der Waals surface area contributed by atoms with E-state index in [1.54, 1.807) is 0 Å². The fourth-order valence-corrected chi connectivity index (χ4v) is 1.05. The van der Waals surface area contributed by atoms with Crippen LogP contribution in [0.4, 0.5) is 9.59 Å². The molecule has 0 rings (SSSR count). The standard InChI is InChI=1S/C12H20N2O5/c1-4-6-18-11(16)13-8-10(9(3)15)14-12(17)19-7-5-2/h4-5,9-10,15H,1-2,6-8H2,3H3,(H,13,16)(H,14,17)/t9-,10-/m1/s1. The lowest BCUT2D eigenvalue weighted by Gasteiger charge is -2.21. The molecule has 7 nitrogen and oxygen atoms in total. The number of rotatable bonds is 8. The Bertz CT molecular complexity index is 317. The van der Waals surface area contributed by atoms with Crippen molar-refractivity contribution in [3.8, 4) is 0 Å². The molecule has 3 N–H and O–H groups in total. The summed E-state index contributed by atoms with van der Waals surface area (Å²) < 4.78 is 9.39. The topological polar surface area (TPSA) is 96.9 Å². The first kappa shape index (κ1) is 17.0. The van der Waals surface area contributed by atoms with Crippen LogP contribution in [0.2, 0.25) is 0 Å². The largest absolute Gasteiger partial charge is 0.445 e. The van der Waals surface area contributed by atoms with Crippen LogP contribution in [-0.4, -0.2) is 49.2 Å². The SMILES string of the molecule is C=CCOC(=O)NC[C@@H](NC(=O)OCC=C)[C@@H](C)O. The van der Waals surface area contributed by atoms with Gasteiger partial charge in [0.1, 0.15) is 13.2 Å². The Morgan fingerprint density at radius 1 is 1.21 bits per heavy atom. The van der Waals surface area contributed by atoms with Gasteiger partial charge in [0.15, 0.2) is 0 Å². The van der Waals surface area contributed by atoms with E-state index < -0.39 is 24.3 Å². The van der Waals surface area contributed by atoms with E-state index in [2.05, 4.69) is 28.5 Å². The first-order chi connectivity index (χ1) is 9.01. The van der Waals surface area contributed by atoms with E-state index in [9.17, 15) is 14.7 Å². The van der Waals surface area contributed by atoms with Gasteiger partial charge in [0, 0.05) is 6.54 Å². The van der Waals surface area contributed by atoms with E-state index in [1.807, 2.05) is 0 Å². The minimum Gasteiger partial charge on any atom is -0.445 e. The fourth-order valence-electron chi connectivity index (χ4n) is 1.05. The van der Waals surface area contributed by atoms with Crippen LogP contribution in [0, 0.1) is 0 Å². The van der Waals surface area contributed by atoms with Gasteiger partial charge in [-0.05, 0) is 6.92 Å². The van der Waals surface area contributed by atoms with E-state index in [-0.39, 0.29) is 19.8 Å². The smallest absolute Gasteiger partial charge is 0.407 e. The first-order valence-corrected chi connectivity index (χ1v) is 5.75. The van der Waals surface area contributed by atoms with Crippen LogP contribution in [0.15, 0.2) is 25.3 Å². The van der Waals surface area contributed by atoms with E-state index in [0.717, 1.165) is 0 Å². The van der Waals surface area contributed by atoms with Crippen molar-refractivity contribution in [3.63, 3.8) is 0 Å². The van der Waals surface area contributed by atoms with Crippen LogP contribution in [0.3, 0.4) is 0 Å². The van der Waals surface area contributed by atoms with Crippen LogP contribution in [0.25, 0.3) is 0 Å². The number of aliphatic hydroxyl groups is 1. The van der Waals surface area contributed by atoms with Gasteiger partial charge in [-0.2, -0.15) is 0 Å². The average Bonchev–Trinajstić information content (AvgIpc) is 2.38. The van der Waals surface area contributed by atoms with Crippen molar-refractivity contribution in [1.29, 1.82) is 0 Å². The Balaban J connectivity index is 4.11. The zero-order valence-corrected chi connectivity index (χ0v) is 10.9. The first-order valence-electron chi connectivity index (χ1n) is 5.75. The molecule has 19 heavy (non-hydrogen) atoms. The van der Waals surface area contributed by atoms with Crippen LogP contribution < -0.4 is 10.6 Å². The average molecular weight is 272 g/mol. The summed E-state index contributed by atoms with van der Waals surface area (Å²) >= 11 is 0. The lowest BCUT2D eigenvalue weighted by Crippen LogP contribution is -2.49. The highest BCUT2D eigenvalue weighted by molar-refractivity contribution is 5.69. The molecule has 0 spiro atoms. The third kappa shape index (κ3) is 8.67. The molecule has 0 aliphatic rings. The zero-order valence-electron chi connectivity index (χ0n) is 10.9. The monoisotopic (exact) mass is 272 g/mol. The van der Waals surface area contributed by atoms with Crippen molar-refractivity contribution in [2.75, 3.05) is 19.8 Å². The molecule has 0 saturated carbocycles. The maximum Gasteiger partial charge on any atom is 0.407 e. The number of hydrogen-bond acceptors (Lipinski definition) is 5. The summed E-state index contributed by atoms with van der Waals surface area (Å²) in [6.45, 7) is 8.43. The van der Waals surface area contributed by atoms with E-state index in [0.29, 0.717) is 0 Å². The molecule has 0 saturated heterocycles. The molecule has 2 atom stereocenters. The molecule has 2 amide bonds. The number of alkyl carbamates (subject to hydrolysis) is 2. The Labute approximate surface area is 112 Å². The van der Waals surface area contributed by atoms with Crippen molar-refractivity contribution >= 4 is 12.2 Å². The van der Waals surface area contributed by atoms with E-state index in [1.165, 1.54) is 19.1 Å². The predicted octanol–water partition coefficient (Wildman–Crippen LogP) is 0.560. The number of carbonyl (C=O) groups is 2. The van der Waals surface area contributed by atoms with Crippen LogP contribution >= 0.6 is 0 Å². The van der Waals surface area contributed by atoms with Crippen molar-refractivity contribution in [2.45, 2.75) is 19.1 Å². The molecular formula is C12H20N2O5. The Morgan fingerprint density at radius 3 is 2.21 bits per heavy atom. The van der Waals surface area contributed by atoms with Crippen LogP contribution in [0.5, 0.6) is 0 Å². The fraction of sp³-hybridized carbons (Fsp3) is 0.500. The maximum absolute atomic E-state index is 11.3. The second kappa shape index (κ2) is 9.95. The summed E-state index contributed by atoms with van der Waals surface area (Å²) in [5, 5.41) is 14.3. The third-order valence-electron chi connectivity index (χ3n) is 2.02. The quantitative estimate of drug-likeness (QED) is 0.561. The highest BCUT2D eigenvalue weighted by Crippen LogP contribution is 1.93. The summed E-state index contributed by atoms with van der Waals surface area (Å²) in [4.78, 5) is 22.5. The normalized spacial score (nSPS) is 12.7. The minimum atomic E-state index is -0.865. The lowest BCUT2D eigenvalue weighted by atomic mass is 10.2. The van der Waals surface area contributed by atoms with Gasteiger partial charge in [-0.15, -0.1) is 0 Å². The molecule has 7 heteroatoms. The molecule has 0 heterocycles. The molecular weight excluding hydrogens is 252 g/mol. The van der Waals surface area contributed by atoms with Gasteiger partial charge in [-0.1, -0.05) is 25.3 Å². The molecule has 0 fully saturated rings. The lowest BCUT2D eigenvalue weighted by molar-refractivity contribution is 0.115. The minimum absolute atomic E-state index is 0.0107. The van der Waals surface area contributed by atoms with Gasteiger partial charge in [0.05, 0.1) is 12.1 Å². The highest BCUT2D eigenvalue weighted by Gasteiger charge is 2.19. The van der Waals surface area contributed by atoms with E-state index >= 15 is 0 Å². The number of ether oxygens (including phenoxy) is 2. The number of nitrogens with one attached hydrogen (secondary N) is 2. The molecule has 0 unspecified atom stereocenters. The van der Waals surface area contributed by atoms with Gasteiger partial charge < -0.3 is 25.2 Å². The Hall–Kier alpha value is -2.02. The van der Waals surface area contributed by atoms with Crippen molar-refractivity contribution in [3.05, 3.63) is 25.3 Å².